The SMILES string of the molecule is CC(NC(N)=O)C(=O)N1CCCC1Cc1c(F)cccc1Cl. The lowest BCUT2D eigenvalue weighted by Crippen LogP contribution is -2.50. The number of primary amides is 1. The van der Waals surface area contributed by atoms with Crippen molar-refractivity contribution in [2.75, 3.05) is 6.54 Å². The van der Waals surface area contributed by atoms with Crippen molar-refractivity contribution in [1.29, 1.82) is 0 Å². The fraction of sp³-hybridized carbons (Fsp3) is 0.467. The van der Waals surface area contributed by atoms with Crippen LogP contribution in [0.1, 0.15) is 25.3 Å². The van der Waals surface area contributed by atoms with Gasteiger partial charge < -0.3 is 16.0 Å². The van der Waals surface area contributed by atoms with Gasteiger partial charge in [0.15, 0.2) is 0 Å². The van der Waals surface area contributed by atoms with Gasteiger partial charge in [-0.05, 0) is 38.3 Å². The third kappa shape index (κ3) is 3.68. The molecule has 2 atom stereocenters. The molecular formula is C15H19ClFN3O2. The molecule has 1 aliphatic rings. The lowest BCUT2D eigenvalue weighted by Gasteiger charge is -2.28. The average Bonchev–Trinajstić information content (AvgIpc) is 2.89. The van der Waals surface area contributed by atoms with Gasteiger partial charge in [-0.1, -0.05) is 17.7 Å². The van der Waals surface area contributed by atoms with E-state index in [1.807, 2.05) is 0 Å². The molecule has 2 unspecified atom stereocenters. The van der Waals surface area contributed by atoms with E-state index in [9.17, 15) is 14.0 Å². The van der Waals surface area contributed by atoms with Crippen LogP contribution in [0.25, 0.3) is 0 Å². The summed E-state index contributed by atoms with van der Waals surface area (Å²) in [5.74, 6) is -0.580. The van der Waals surface area contributed by atoms with Crippen LogP contribution in [0.2, 0.25) is 5.02 Å². The predicted molar refractivity (Wildman–Crippen MR) is 82.0 cm³/mol. The first-order chi connectivity index (χ1) is 10.4. The van der Waals surface area contributed by atoms with Crippen LogP contribution < -0.4 is 11.1 Å². The molecule has 0 spiro atoms. The van der Waals surface area contributed by atoms with Gasteiger partial charge >= 0.3 is 6.03 Å². The van der Waals surface area contributed by atoms with Crippen molar-refractivity contribution in [2.45, 2.75) is 38.3 Å². The van der Waals surface area contributed by atoms with Gasteiger partial charge in [-0.25, -0.2) is 9.18 Å². The Balaban J connectivity index is 2.11. The van der Waals surface area contributed by atoms with E-state index in [0.29, 0.717) is 23.6 Å². The number of urea groups is 1. The second-order valence-electron chi connectivity index (χ2n) is 5.46. The van der Waals surface area contributed by atoms with Crippen molar-refractivity contribution < 1.29 is 14.0 Å². The van der Waals surface area contributed by atoms with Crippen molar-refractivity contribution >= 4 is 23.5 Å². The number of halogens is 2. The van der Waals surface area contributed by atoms with Gasteiger partial charge in [-0.15, -0.1) is 0 Å². The minimum absolute atomic E-state index is 0.126. The first kappa shape index (κ1) is 16.5. The number of rotatable bonds is 4. The zero-order chi connectivity index (χ0) is 16.3. The topological polar surface area (TPSA) is 75.4 Å². The highest BCUT2D eigenvalue weighted by atomic mass is 35.5. The van der Waals surface area contributed by atoms with E-state index < -0.39 is 12.1 Å². The molecule has 7 heteroatoms. The number of carbonyl (C=O) groups is 2. The summed E-state index contributed by atoms with van der Waals surface area (Å²) in [7, 11) is 0. The van der Waals surface area contributed by atoms with Crippen LogP contribution in [0.15, 0.2) is 18.2 Å². The van der Waals surface area contributed by atoms with Gasteiger partial charge in [-0.2, -0.15) is 0 Å². The van der Waals surface area contributed by atoms with Crippen LogP contribution in [-0.4, -0.2) is 35.5 Å². The number of benzene rings is 1. The maximum absolute atomic E-state index is 13.9. The zero-order valence-electron chi connectivity index (χ0n) is 12.3. The molecule has 0 radical (unpaired) electrons. The van der Waals surface area contributed by atoms with Gasteiger partial charge in [0.25, 0.3) is 0 Å². The van der Waals surface area contributed by atoms with E-state index in [1.54, 1.807) is 24.0 Å². The molecule has 120 valence electrons. The van der Waals surface area contributed by atoms with Gasteiger partial charge in [-0.3, -0.25) is 4.79 Å². The molecule has 1 heterocycles. The molecule has 1 saturated heterocycles. The molecule has 0 saturated carbocycles. The molecule has 0 bridgehead atoms. The van der Waals surface area contributed by atoms with Crippen LogP contribution in [0.4, 0.5) is 9.18 Å². The Hall–Kier alpha value is -1.82. The largest absolute Gasteiger partial charge is 0.352 e. The summed E-state index contributed by atoms with van der Waals surface area (Å²) >= 11 is 6.05. The Morgan fingerprint density at radius 1 is 1.55 bits per heavy atom. The lowest BCUT2D eigenvalue weighted by molar-refractivity contribution is -0.133. The highest BCUT2D eigenvalue weighted by molar-refractivity contribution is 6.31. The third-order valence-electron chi connectivity index (χ3n) is 3.89. The van der Waals surface area contributed by atoms with Crippen molar-refractivity contribution in [2.24, 2.45) is 5.73 Å². The Morgan fingerprint density at radius 3 is 2.91 bits per heavy atom. The summed E-state index contributed by atoms with van der Waals surface area (Å²) in [5.41, 5.74) is 5.46. The third-order valence-corrected chi connectivity index (χ3v) is 4.24. The van der Waals surface area contributed by atoms with Gasteiger partial charge in [0.1, 0.15) is 11.9 Å². The standard InChI is InChI=1S/C15H19ClFN3O2/c1-9(19-15(18)22)14(21)20-7-3-4-10(20)8-11-12(16)5-2-6-13(11)17/h2,5-6,9-10H,3-4,7-8H2,1H3,(H3,18,19,22). The quantitative estimate of drug-likeness (QED) is 0.888. The smallest absolute Gasteiger partial charge is 0.312 e. The number of nitrogens with one attached hydrogen (secondary N) is 1. The molecule has 1 aromatic carbocycles. The number of carbonyl (C=O) groups excluding carboxylic acids is 2. The summed E-state index contributed by atoms with van der Waals surface area (Å²) in [4.78, 5) is 24.9. The summed E-state index contributed by atoms with van der Waals surface area (Å²) in [6.07, 6.45) is 1.98. The number of nitrogens with zero attached hydrogens (tertiary/aromatic N) is 1. The van der Waals surface area contributed by atoms with E-state index in [4.69, 9.17) is 17.3 Å². The van der Waals surface area contributed by atoms with Crippen LogP contribution in [0.5, 0.6) is 0 Å². The monoisotopic (exact) mass is 327 g/mol. The van der Waals surface area contributed by atoms with E-state index in [2.05, 4.69) is 5.32 Å². The Labute approximate surface area is 133 Å². The van der Waals surface area contributed by atoms with Crippen LogP contribution in [-0.2, 0) is 11.2 Å². The maximum Gasteiger partial charge on any atom is 0.312 e. The summed E-state index contributed by atoms with van der Waals surface area (Å²) in [5, 5.41) is 2.74. The van der Waals surface area contributed by atoms with E-state index in [-0.39, 0.29) is 17.8 Å². The van der Waals surface area contributed by atoms with Crippen LogP contribution in [0, 0.1) is 5.82 Å². The fourth-order valence-corrected chi connectivity index (χ4v) is 3.07. The summed E-state index contributed by atoms with van der Waals surface area (Å²) in [6.45, 7) is 2.17. The molecule has 1 aromatic rings. The molecule has 0 aromatic heterocycles. The number of likely N-dealkylation sites (tertiary alicyclic amines) is 1. The molecule has 3 N–H and O–H groups in total. The van der Waals surface area contributed by atoms with Crippen molar-refractivity contribution in [3.63, 3.8) is 0 Å². The summed E-state index contributed by atoms with van der Waals surface area (Å²) < 4.78 is 13.9. The number of hydrogen-bond donors (Lipinski definition) is 2. The molecule has 1 aliphatic heterocycles. The van der Waals surface area contributed by atoms with Gasteiger partial charge in [0.05, 0.1) is 0 Å². The average molecular weight is 328 g/mol. The molecule has 22 heavy (non-hydrogen) atoms. The van der Waals surface area contributed by atoms with Gasteiger partial charge in [0.2, 0.25) is 5.91 Å². The number of amides is 3. The first-order valence-electron chi connectivity index (χ1n) is 7.19. The normalized spacial score (nSPS) is 19.0. The van der Waals surface area contributed by atoms with Crippen molar-refractivity contribution in [3.8, 4) is 0 Å². The molecule has 3 amide bonds. The number of hydrogen-bond acceptors (Lipinski definition) is 2. The molecule has 1 fully saturated rings. The highest BCUT2D eigenvalue weighted by Crippen LogP contribution is 2.27. The predicted octanol–water partition coefficient (Wildman–Crippen LogP) is 2.07. The van der Waals surface area contributed by atoms with Crippen LogP contribution in [0.3, 0.4) is 0 Å². The Bertz CT molecular complexity index is 562. The van der Waals surface area contributed by atoms with Gasteiger partial charge in [0, 0.05) is 23.2 Å². The fourth-order valence-electron chi connectivity index (χ4n) is 2.82. The second-order valence-corrected chi connectivity index (χ2v) is 5.87. The van der Waals surface area contributed by atoms with E-state index >= 15 is 0 Å². The van der Waals surface area contributed by atoms with E-state index in [1.165, 1.54) is 6.07 Å². The maximum atomic E-state index is 13.9. The molecule has 5 nitrogen and oxygen atoms in total. The Kier molecular flexibility index (Phi) is 5.24. The van der Waals surface area contributed by atoms with Crippen LogP contribution >= 0.6 is 11.6 Å². The van der Waals surface area contributed by atoms with E-state index in [0.717, 1.165) is 12.8 Å². The van der Waals surface area contributed by atoms with Crippen molar-refractivity contribution in [3.05, 3.63) is 34.6 Å². The number of nitrogens with two attached hydrogens (primary N) is 1. The highest BCUT2D eigenvalue weighted by Gasteiger charge is 2.32. The van der Waals surface area contributed by atoms with Crippen molar-refractivity contribution in [1.82, 2.24) is 10.2 Å². The minimum atomic E-state index is -0.742. The molecule has 2 rings (SSSR count). The summed E-state index contributed by atoms with van der Waals surface area (Å²) in [6, 6.07) is 2.98. The lowest BCUT2D eigenvalue weighted by atomic mass is 10.0. The second kappa shape index (κ2) is 6.96. The zero-order valence-corrected chi connectivity index (χ0v) is 13.1. The first-order valence-corrected chi connectivity index (χ1v) is 7.57. The Morgan fingerprint density at radius 2 is 2.27 bits per heavy atom. The molecular weight excluding hydrogens is 309 g/mol. The molecule has 0 aliphatic carbocycles. The minimum Gasteiger partial charge on any atom is -0.352 e.